The van der Waals surface area contributed by atoms with E-state index in [0.717, 1.165) is 0 Å². The van der Waals surface area contributed by atoms with Crippen molar-refractivity contribution in [3.8, 4) is 5.75 Å². The Morgan fingerprint density at radius 1 is 1.38 bits per heavy atom. The van der Waals surface area contributed by atoms with Gasteiger partial charge in [0.25, 0.3) is 0 Å². The van der Waals surface area contributed by atoms with Gasteiger partial charge >= 0.3 is 0 Å². The summed E-state index contributed by atoms with van der Waals surface area (Å²) < 4.78 is 26.1. The Labute approximate surface area is 139 Å². The van der Waals surface area contributed by atoms with Crippen LogP contribution in [0.2, 0.25) is 0 Å². The van der Waals surface area contributed by atoms with Crippen molar-refractivity contribution in [1.82, 2.24) is 14.5 Å². The molecular formula is C17H20FN3O3. The van der Waals surface area contributed by atoms with Gasteiger partial charge in [0, 0.05) is 26.0 Å². The number of amides is 1. The van der Waals surface area contributed by atoms with E-state index in [4.69, 9.17) is 9.47 Å². The molecule has 1 aliphatic heterocycles. The standard InChI is InChI=1S/C17H20FN3O3/c1-23-17(12-24-15-4-2-14(18)3-5-15)6-8-21(11-17)16(22)10-20-9-7-19-13-20/h2-5,7,9,13H,6,8,10-12H2,1H3. The third-order valence-corrected chi connectivity index (χ3v) is 4.29. The average molecular weight is 333 g/mol. The lowest BCUT2D eigenvalue weighted by molar-refractivity contribution is -0.132. The fraction of sp³-hybridized carbons (Fsp3) is 0.412. The fourth-order valence-corrected chi connectivity index (χ4v) is 2.78. The SMILES string of the molecule is COC1(COc2ccc(F)cc2)CCN(C(=O)Cn2ccnc2)C1. The Balaban J connectivity index is 1.57. The summed E-state index contributed by atoms with van der Waals surface area (Å²) >= 11 is 0. The topological polar surface area (TPSA) is 56.6 Å². The van der Waals surface area contributed by atoms with E-state index in [2.05, 4.69) is 4.98 Å². The Morgan fingerprint density at radius 3 is 2.83 bits per heavy atom. The molecule has 1 aliphatic rings. The zero-order chi connectivity index (χ0) is 17.0. The number of rotatable bonds is 6. The number of methoxy groups -OCH3 is 1. The van der Waals surface area contributed by atoms with E-state index in [1.165, 1.54) is 12.1 Å². The highest BCUT2D eigenvalue weighted by Gasteiger charge is 2.41. The Kier molecular flexibility index (Phi) is 4.80. The van der Waals surface area contributed by atoms with E-state index in [-0.39, 0.29) is 18.3 Å². The summed E-state index contributed by atoms with van der Waals surface area (Å²) in [5.74, 6) is 0.297. The van der Waals surface area contributed by atoms with Crippen LogP contribution in [0.4, 0.5) is 4.39 Å². The normalized spacial score (nSPS) is 20.3. The summed E-state index contributed by atoms with van der Waals surface area (Å²) in [7, 11) is 1.62. The first kappa shape index (κ1) is 16.4. The molecular weight excluding hydrogens is 313 g/mol. The second-order valence-corrected chi connectivity index (χ2v) is 5.93. The highest BCUT2D eigenvalue weighted by atomic mass is 19.1. The molecule has 2 aromatic rings. The summed E-state index contributed by atoms with van der Waals surface area (Å²) in [6.45, 7) is 1.66. The molecule has 7 heteroatoms. The van der Waals surface area contributed by atoms with E-state index in [1.54, 1.807) is 47.4 Å². The van der Waals surface area contributed by atoms with Gasteiger partial charge in [0.1, 0.15) is 30.3 Å². The first-order valence-corrected chi connectivity index (χ1v) is 7.77. The molecule has 24 heavy (non-hydrogen) atoms. The summed E-state index contributed by atoms with van der Waals surface area (Å²) in [5, 5.41) is 0. The number of aromatic nitrogens is 2. The van der Waals surface area contributed by atoms with Crippen molar-refractivity contribution >= 4 is 5.91 Å². The molecule has 1 unspecified atom stereocenters. The average Bonchev–Trinajstić information content (AvgIpc) is 3.24. The van der Waals surface area contributed by atoms with Crippen molar-refractivity contribution < 1.29 is 18.7 Å². The van der Waals surface area contributed by atoms with Gasteiger partial charge in [0.05, 0.1) is 12.9 Å². The lowest BCUT2D eigenvalue weighted by atomic mass is 10.0. The van der Waals surface area contributed by atoms with Crippen molar-refractivity contribution in [1.29, 1.82) is 0 Å². The van der Waals surface area contributed by atoms with Gasteiger partial charge in [-0.2, -0.15) is 0 Å². The van der Waals surface area contributed by atoms with Gasteiger partial charge in [-0.05, 0) is 30.7 Å². The van der Waals surface area contributed by atoms with Crippen LogP contribution in [0.3, 0.4) is 0 Å². The lowest BCUT2D eigenvalue weighted by Crippen LogP contribution is -2.43. The molecule has 1 amide bonds. The van der Waals surface area contributed by atoms with Crippen molar-refractivity contribution in [3.05, 3.63) is 48.8 Å². The third kappa shape index (κ3) is 3.73. The quantitative estimate of drug-likeness (QED) is 0.808. The molecule has 1 saturated heterocycles. The molecule has 0 aliphatic carbocycles. The summed E-state index contributed by atoms with van der Waals surface area (Å²) in [5.41, 5.74) is -0.543. The number of ether oxygens (including phenoxy) is 2. The number of hydrogen-bond acceptors (Lipinski definition) is 4. The van der Waals surface area contributed by atoms with Gasteiger partial charge in [-0.3, -0.25) is 4.79 Å². The van der Waals surface area contributed by atoms with Crippen LogP contribution in [-0.2, 0) is 16.1 Å². The number of likely N-dealkylation sites (tertiary alicyclic amines) is 1. The highest BCUT2D eigenvalue weighted by Crippen LogP contribution is 2.26. The number of imidazole rings is 1. The molecule has 2 heterocycles. The minimum absolute atomic E-state index is 0.0220. The molecule has 128 valence electrons. The second kappa shape index (κ2) is 7.00. The third-order valence-electron chi connectivity index (χ3n) is 4.29. The number of nitrogens with zero attached hydrogens (tertiary/aromatic N) is 3. The van der Waals surface area contributed by atoms with Gasteiger partial charge in [0.2, 0.25) is 5.91 Å². The monoisotopic (exact) mass is 333 g/mol. The molecule has 1 aromatic carbocycles. The Bertz CT molecular complexity index is 675. The van der Waals surface area contributed by atoms with Gasteiger partial charge in [-0.15, -0.1) is 0 Å². The van der Waals surface area contributed by atoms with E-state index >= 15 is 0 Å². The minimum atomic E-state index is -0.543. The predicted octanol–water partition coefficient (Wildman–Crippen LogP) is 1.72. The summed E-state index contributed by atoms with van der Waals surface area (Å²) in [6, 6.07) is 5.86. The summed E-state index contributed by atoms with van der Waals surface area (Å²) in [4.78, 5) is 18.1. The molecule has 0 spiro atoms. The van der Waals surface area contributed by atoms with Crippen molar-refractivity contribution in [2.45, 2.75) is 18.6 Å². The maximum absolute atomic E-state index is 12.9. The Morgan fingerprint density at radius 2 is 2.17 bits per heavy atom. The molecule has 6 nitrogen and oxygen atoms in total. The summed E-state index contributed by atoms with van der Waals surface area (Å²) in [6.07, 6.45) is 5.72. The molecule has 0 saturated carbocycles. The lowest BCUT2D eigenvalue weighted by Gasteiger charge is -2.28. The number of carbonyl (C=O) groups is 1. The van der Waals surface area contributed by atoms with Crippen LogP contribution in [0.5, 0.6) is 5.75 Å². The number of carbonyl (C=O) groups excluding carboxylic acids is 1. The fourth-order valence-electron chi connectivity index (χ4n) is 2.78. The van der Waals surface area contributed by atoms with Crippen LogP contribution < -0.4 is 4.74 Å². The number of halogens is 1. The van der Waals surface area contributed by atoms with Crippen molar-refractivity contribution in [2.24, 2.45) is 0 Å². The molecule has 0 radical (unpaired) electrons. The molecule has 0 N–H and O–H groups in total. The minimum Gasteiger partial charge on any atom is -0.491 e. The van der Waals surface area contributed by atoms with Crippen molar-refractivity contribution in [3.63, 3.8) is 0 Å². The van der Waals surface area contributed by atoms with Crippen LogP contribution in [0.25, 0.3) is 0 Å². The molecule has 1 atom stereocenters. The van der Waals surface area contributed by atoms with E-state index in [0.29, 0.717) is 31.9 Å². The van der Waals surface area contributed by atoms with E-state index in [1.807, 2.05) is 0 Å². The van der Waals surface area contributed by atoms with Gasteiger partial charge in [-0.25, -0.2) is 9.37 Å². The first-order chi connectivity index (χ1) is 11.6. The van der Waals surface area contributed by atoms with Crippen LogP contribution >= 0.6 is 0 Å². The first-order valence-electron chi connectivity index (χ1n) is 7.77. The van der Waals surface area contributed by atoms with Crippen LogP contribution in [0.1, 0.15) is 6.42 Å². The van der Waals surface area contributed by atoms with Crippen LogP contribution in [-0.4, -0.2) is 52.8 Å². The zero-order valence-electron chi connectivity index (χ0n) is 13.5. The number of benzene rings is 1. The molecule has 1 aromatic heterocycles. The van der Waals surface area contributed by atoms with E-state index in [9.17, 15) is 9.18 Å². The van der Waals surface area contributed by atoms with Crippen molar-refractivity contribution in [2.75, 3.05) is 26.8 Å². The van der Waals surface area contributed by atoms with Gasteiger partial charge < -0.3 is 18.9 Å². The maximum Gasteiger partial charge on any atom is 0.242 e. The number of hydrogen-bond donors (Lipinski definition) is 0. The largest absolute Gasteiger partial charge is 0.491 e. The van der Waals surface area contributed by atoms with Gasteiger partial charge in [0.15, 0.2) is 0 Å². The molecule has 0 bridgehead atoms. The Hall–Kier alpha value is -2.41. The maximum atomic E-state index is 12.9. The highest BCUT2D eigenvalue weighted by molar-refractivity contribution is 5.76. The smallest absolute Gasteiger partial charge is 0.242 e. The van der Waals surface area contributed by atoms with Crippen LogP contribution in [0, 0.1) is 5.82 Å². The van der Waals surface area contributed by atoms with Gasteiger partial charge in [-0.1, -0.05) is 0 Å². The second-order valence-electron chi connectivity index (χ2n) is 5.93. The van der Waals surface area contributed by atoms with E-state index < -0.39 is 5.60 Å². The van der Waals surface area contributed by atoms with Crippen LogP contribution in [0.15, 0.2) is 43.0 Å². The predicted molar refractivity (Wildman–Crippen MR) is 85.1 cm³/mol. The molecule has 1 fully saturated rings. The molecule has 3 rings (SSSR count). The zero-order valence-corrected chi connectivity index (χ0v) is 13.5.